The van der Waals surface area contributed by atoms with Gasteiger partial charge < -0.3 is 4.42 Å². The number of nitrogens with zero attached hydrogens (tertiary/aromatic N) is 2. The quantitative estimate of drug-likeness (QED) is 0.486. The average molecular weight is 299 g/mol. The fraction of sp³-hybridized carbons (Fsp3) is 0. The van der Waals surface area contributed by atoms with E-state index in [0.29, 0.717) is 10.3 Å². The predicted octanol–water partition coefficient (Wildman–Crippen LogP) is 4.29. The van der Waals surface area contributed by atoms with Gasteiger partial charge in [0.05, 0.1) is 6.20 Å². The molecule has 0 aliphatic carbocycles. The molecule has 0 saturated heterocycles. The van der Waals surface area contributed by atoms with E-state index in [2.05, 4.69) is 44.1 Å². The van der Waals surface area contributed by atoms with Gasteiger partial charge in [0.2, 0.25) is 5.71 Å². The van der Waals surface area contributed by atoms with Gasteiger partial charge in [-0.2, -0.15) is 0 Å². The first-order valence-electron chi connectivity index (χ1n) is 5.55. The molecule has 0 spiro atoms. The van der Waals surface area contributed by atoms with Crippen molar-refractivity contribution in [1.29, 1.82) is 0 Å². The zero-order chi connectivity index (χ0) is 12.1. The van der Waals surface area contributed by atoms with Crippen LogP contribution in [0.5, 0.6) is 0 Å². The number of hydrogen-bond donors (Lipinski definition) is 0. The van der Waals surface area contributed by atoms with Crippen molar-refractivity contribution in [2.75, 3.05) is 0 Å². The maximum atomic E-state index is 5.72. The van der Waals surface area contributed by atoms with E-state index in [1.54, 1.807) is 6.20 Å². The summed E-state index contributed by atoms with van der Waals surface area (Å²) in [6.45, 7) is 0. The van der Waals surface area contributed by atoms with Crippen LogP contribution >= 0.6 is 15.9 Å². The van der Waals surface area contributed by atoms with Crippen molar-refractivity contribution in [3.63, 3.8) is 0 Å². The lowest BCUT2D eigenvalue weighted by Gasteiger charge is -1.96. The molecule has 86 valence electrons. The number of rotatable bonds is 0. The van der Waals surface area contributed by atoms with Gasteiger partial charge in [0.1, 0.15) is 15.7 Å². The summed E-state index contributed by atoms with van der Waals surface area (Å²) in [7, 11) is 0. The second-order valence-electron chi connectivity index (χ2n) is 4.14. The summed E-state index contributed by atoms with van der Waals surface area (Å²) in [5.74, 6) is 0. The molecule has 0 bridgehead atoms. The van der Waals surface area contributed by atoms with Gasteiger partial charge >= 0.3 is 0 Å². The van der Waals surface area contributed by atoms with Crippen molar-refractivity contribution < 1.29 is 4.42 Å². The lowest BCUT2D eigenvalue weighted by Crippen LogP contribution is -1.79. The van der Waals surface area contributed by atoms with Crippen LogP contribution < -0.4 is 0 Å². The van der Waals surface area contributed by atoms with Gasteiger partial charge in [0, 0.05) is 5.39 Å². The summed E-state index contributed by atoms with van der Waals surface area (Å²) in [5.41, 5.74) is 2.19. The number of fused-ring (bicyclic) bond motifs is 4. The van der Waals surface area contributed by atoms with Crippen LogP contribution in [0.25, 0.3) is 33.0 Å². The molecule has 0 radical (unpaired) electrons. The number of halogens is 1. The molecule has 0 unspecified atom stereocenters. The van der Waals surface area contributed by atoms with Gasteiger partial charge in [0.15, 0.2) is 0 Å². The molecular weight excluding hydrogens is 292 g/mol. The van der Waals surface area contributed by atoms with Crippen molar-refractivity contribution in [3.8, 4) is 0 Å². The summed E-state index contributed by atoms with van der Waals surface area (Å²) in [6.07, 6.45) is 1.64. The fourth-order valence-electron chi connectivity index (χ4n) is 2.20. The second-order valence-corrected chi connectivity index (χ2v) is 4.96. The Kier molecular flexibility index (Phi) is 1.96. The fourth-order valence-corrected chi connectivity index (χ4v) is 2.48. The van der Waals surface area contributed by atoms with E-state index in [1.807, 2.05) is 18.2 Å². The van der Waals surface area contributed by atoms with E-state index >= 15 is 0 Å². The molecule has 2 aromatic carbocycles. The topological polar surface area (TPSA) is 38.9 Å². The molecule has 3 nitrogen and oxygen atoms in total. The van der Waals surface area contributed by atoms with Crippen molar-refractivity contribution in [2.45, 2.75) is 0 Å². The summed E-state index contributed by atoms with van der Waals surface area (Å²) < 4.78 is 6.43. The third-order valence-electron chi connectivity index (χ3n) is 3.02. The first-order chi connectivity index (χ1) is 8.81. The Morgan fingerprint density at radius 2 is 1.83 bits per heavy atom. The maximum absolute atomic E-state index is 5.72. The number of aromatic nitrogens is 2. The maximum Gasteiger partial charge on any atom is 0.246 e. The second kappa shape index (κ2) is 3.53. The highest BCUT2D eigenvalue weighted by molar-refractivity contribution is 9.10. The molecule has 18 heavy (non-hydrogen) atoms. The van der Waals surface area contributed by atoms with Crippen LogP contribution in [0.2, 0.25) is 0 Å². The summed E-state index contributed by atoms with van der Waals surface area (Å²) >= 11 is 3.34. The molecule has 0 N–H and O–H groups in total. The molecule has 0 aliphatic heterocycles. The Morgan fingerprint density at radius 1 is 1.06 bits per heavy atom. The third kappa shape index (κ3) is 1.36. The van der Waals surface area contributed by atoms with Gasteiger partial charge in [-0.1, -0.05) is 24.3 Å². The number of furan rings is 1. The van der Waals surface area contributed by atoms with Crippen LogP contribution in [0, 0.1) is 0 Å². The lowest BCUT2D eigenvalue weighted by molar-refractivity contribution is 0.653. The van der Waals surface area contributed by atoms with E-state index in [9.17, 15) is 0 Å². The molecular formula is C14H7BrN2O. The largest absolute Gasteiger partial charge is 0.436 e. The molecule has 2 aromatic heterocycles. The molecule has 0 amide bonds. The van der Waals surface area contributed by atoms with Gasteiger partial charge in [-0.25, -0.2) is 9.97 Å². The SMILES string of the molecule is Brc1cnc2oc3cc4ccccc4cc3c2n1. The first kappa shape index (κ1) is 10.0. The minimum absolute atomic E-state index is 0.573. The average Bonchev–Trinajstić information content (AvgIpc) is 2.73. The highest BCUT2D eigenvalue weighted by Gasteiger charge is 2.10. The van der Waals surface area contributed by atoms with E-state index in [4.69, 9.17) is 4.42 Å². The van der Waals surface area contributed by atoms with E-state index in [1.165, 1.54) is 5.39 Å². The number of hydrogen-bond acceptors (Lipinski definition) is 3. The van der Waals surface area contributed by atoms with Gasteiger partial charge in [-0.05, 0) is 38.8 Å². The lowest BCUT2D eigenvalue weighted by atomic mass is 10.1. The summed E-state index contributed by atoms with van der Waals surface area (Å²) in [4.78, 5) is 8.66. The number of benzene rings is 2. The molecule has 4 rings (SSSR count). The normalized spacial score (nSPS) is 11.6. The van der Waals surface area contributed by atoms with Gasteiger partial charge in [-0.15, -0.1) is 0 Å². The Hall–Kier alpha value is -1.94. The van der Waals surface area contributed by atoms with Gasteiger partial charge in [0.25, 0.3) is 0 Å². The highest BCUT2D eigenvalue weighted by atomic mass is 79.9. The smallest absolute Gasteiger partial charge is 0.246 e. The third-order valence-corrected chi connectivity index (χ3v) is 3.40. The molecule has 4 aromatic rings. The van der Waals surface area contributed by atoms with Crippen LogP contribution in [0.3, 0.4) is 0 Å². The Labute approximate surface area is 111 Å². The van der Waals surface area contributed by atoms with E-state index in [0.717, 1.165) is 21.9 Å². The predicted molar refractivity (Wildman–Crippen MR) is 74.5 cm³/mol. The van der Waals surface area contributed by atoms with Crippen molar-refractivity contribution >= 4 is 48.9 Å². The summed E-state index contributed by atoms with van der Waals surface area (Å²) in [6, 6.07) is 12.3. The van der Waals surface area contributed by atoms with Crippen LogP contribution in [0.1, 0.15) is 0 Å². The zero-order valence-electron chi connectivity index (χ0n) is 9.22. The first-order valence-corrected chi connectivity index (χ1v) is 6.34. The zero-order valence-corrected chi connectivity index (χ0v) is 10.8. The molecule has 4 heteroatoms. The Balaban J connectivity index is 2.25. The Morgan fingerprint density at radius 3 is 2.67 bits per heavy atom. The van der Waals surface area contributed by atoms with Crippen molar-refractivity contribution in [2.24, 2.45) is 0 Å². The standard InChI is InChI=1S/C14H7BrN2O/c15-12-7-16-14-13(17-12)10-5-8-3-1-2-4-9(8)6-11(10)18-14/h1-7H. The minimum Gasteiger partial charge on any atom is -0.436 e. The monoisotopic (exact) mass is 298 g/mol. The van der Waals surface area contributed by atoms with E-state index in [-0.39, 0.29) is 0 Å². The van der Waals surface area contributed by atoms with Crippen molar-refractivity contribution in [1.82, 2.24) is 9.97 Å². The van der Waals surface area contributed by atoms with Crippen LogP contribution in [0.4, 0.5) is 0 Å². The molecule has 0 aliphatic rings. The van der Waals surface area contributed by atoms with Crippen molar-refractivity contribution in [3.05, 3.63) is 47.2 Å². The minimum atomic E-state index is 0.573. The molecule has 0 atom stereocenters. The molecule has 0 saturated carbocycles. The van der Waals surface area contributed by atoms with Crippen LogP contribution in [0.15, 0.2) is 51.6 Å². The van der Waals surface area contributed by atoms with Crippen LogP contribution in [-0.4, -0.2) is 9.97 Å². The molecule has 2 heterocycles. The van der Waals surface area contributed by atoms with E-state index < -0.39 is 0 Å². The highest BCUT2D eigenvalue weighted by Crippen LogP contribution is 2.30. The van der Waals surface area contributed by atoms with Crippen LogP contribution in [-0.2, 0) is 0 Å². The molecule has 0 fully saturated rings. The van der Waals surface area contributed by atoms with Gasteiger partial charge in [-0.3, -0.25) is 0 Å². The Bertz CT molecular complexity index is 898. The summed E-state index contributed by atoms with van der Waals surface area (Å²) in [5, 5.41) is 3.33.